The Morgan fingerprint density at radius 3 is 2.64 bits per heavy atom. The summed E-state index contributed by atoms with van der Waals surface area (Å²) in [5, 5.41) is 0.237. The van der Waals surface area contributed by atoms with Crippen LogP contribution in [0.15, 0.2) is 26.7 Å². The Morgan fingerprint density at radius 2 is 2.27 bits per heavy atom. The zero-order valence-corrected chi connectivity index (χ0v) is 7.35. The Morgan fingerprint density at radius 1 is 1.64 bits per heavy atom. The molecule has 0 aliphatic rings. The van der Waals surface area contributed by atoms with Crippen LogP contribution < -0.4 is 0 Å². The first-order chi connectivity index (χ1) is 5.06. The first-order valence-electron chi connectivity index (χ1n) is 2.64. The molecule has 6 heteroatoms. The second-order valence-electron chi connectivity index (χ2n) is 1.74. The van der Waals surface area contributed by atoms with Gasteiger partial charge in [-0.1, -0.05) is 0 Å². The Balaban J connectivity index is 3.13. The predicted molar refractivity (Wildman–Crippen MR) is 40.2 cm³/mol. The molecule has 1 aromatic heterocycles. The topological polar surface area (TPSA) is 56.5 Å². The molecular formula is C5H6O4S2. The van der Waals surface area contributed by atoms with Crippen molar-refractivity contribution in [1.29, 1.82) is 0 Å². The van der Waals surface area contributed by atoms with Crippen LogP contribution in [0.3, 0.4) is 0 Å². The summed E-state index contributed by atoms with van der Waals surface area (Å²) in [6.07, 6.45) is 1.07. The van der Waals surface area contributed by atoms with E-state index in [4.69, 9.17) is 0 Å². The van der Waals surface area contributed by atoms with E-state index in [-0.39, 0.29) is 9.99 Å². The molecule has 0 saturated heterocycles. The van der Waals surface area contributed by atoms with Gasteiger partial charge in [-0.3, -0.25) is 4.18 Å². The molecule has 0 radical (unpaired) electrons. The van der Waals surface area contributed by atoms with Crippen LogP contribution in [-0.2, 0) is 14.3 Å². The van der Waals surface area contributed by atoms with E-state index >= 15 is 0 Å². The second-order valence-corrected chi connectivity index (χ2v) is 3.90. The average molecular weight is 194 g/mol. The Bertz CT molecular complexity index is 337. The molecule has 0 aromatic carbocycles. The third-order valence-corrected chi connectivity index (χ3v) is 2.53. The van der Waals surface area contributed by atoms with Gasteiger partial charge in [0.05, 0.1) is 7.11 Å². The fraction of sp³-hybridized carbons (Fsp3) is 0.200. The lowest BCUT2D eigenvalue weighted by atomic mass is 10.7. The minimum absolute atomic E-state index is 0.0231. The number of furan rings is 1. The second kappa shape index (κ2) is 2.88. The smallest absolute Gasteiger partial charge is 0.299 e. The molecule has 0 amide bonds. The van der Waals surface area contributed by atoms with Crippen LogP contribution in [0.25, 0.3) is 0 Å². The quantitative estimate of drug-likeness (QED) is 0.561. The summed E-state index contributed by atoms with van der Waals surface area (Å²) in [5.74, 6) is 0. The van der Waals surface area contributed by atoms with Crippen molar-refractivity contribution in [2.75, 3.05) is 7.11 Å². The fourth-order valence-corrected chi connectivity index (χ4v) is 1.42. The van der Waals surface area contributed by atoms with E-state index in [0.717, 1.165) is 13.4 Å². The Kier molecular flexibility index (Phi) is 2.26. The lowest BCUT2D eigenvalue weighted by Gasteiger charge is -1.93. The van der Waals surface area contributed by atoms with Crippen molar-refractivity contribution in [2.24, 2.45) is 0 Å². The number of rotatable bonds is 2. The molecule has 1 aromatic rings. The van der Waals surface area contributed by atoms with Crippen molar-refractivity contribution in [1.82, 2.24) is 0 Å². The molecule has 62 valence electrons. The van der Waals surface area contributed by atoms with Crippen molar-refractivity contribution in [3.8, 4) is 0 Å². The molecule has 0 bridgehead atoms. The van der Waals surface area contributed by atoms with E-state index in [1.807, 2.05) is 0 Å². The molecule has 0 N–H and O–H groups in total. The molecule has 0 aliphatic carbocycles. The van der Waals surface area contributed by atoms with E-state index in [1.54, 1.807) is 0 Å². The molecule has 0 fully saturated rings. The highest BCUT2D eigenvalue weighted by Crippen LogP contribution is 2.17. The van der Waals surface area contributed by atoms with Gasteiger partial charge in [-0.05, 0) is 0 Å². The molecule has 1 heterocycles. The number of hydrogen-bond acceptors (Lipinski definition) is 5. The van der Waals surface area contributed by atoms with Crippen molar-refractivity contribution in [3.05, 3.63) is 12.3 Å². The summed E-state index contributed by atoms with van der Waals surface area (Å²) in [6, 6.07) is 1.27. The van der Waals surface area contributed by atoms with Gasteiger partial charge in [0.25, 0.3) is 10.1 Å². The molecule has 4 nitrogen and oxygen atoms in total. The zero-order valence-electron chi connectivity index (χ0n) is 5.64. The third-order valence-electron chi connectivity index (χ3n) is 1.07. The lowest BCUT2D eigenvalue weighted by molar-refractivity contribution is 0.396. The number of thiol groups is 1. The van der Waals surface area contributed by atoms with Gasteiger partial charge in [-0.15, -0.1) is 12.6 Å². The average Bonchev–Trinajstić information content (AvgIpc) is 2.36. The maximum Gasteiger partial charge on any atom is 0.299 e. The normalized spacial score (nSPS) is 11.8. The van der Waals surface area contributed by atoms with Crippen LogP contribution in [0.4, 0.5) is 0 Å². The molecule has 0 saturated carbocycles. The van der Waals surface area contributed by atoms with Gasteiger partial charge >= 0.3 is 0 Å². The summed E-state index contributed by atoms with van der Waals surface area (Å²) in [6.45, 7) is 0. The SMILES string of the molecule is COS(=O)(=O)c1coc(S)c1. The third kappa shape index (κ3) is 1.76. The molecule has 1 rings (SSSR count). The molecular weight excluding hydrogens is 188 g/mol. The minimum Gasteiger partial charge on any atom is -0.457 e. The molecule has 11 heavy (non-hydrogen) atoms. The van der Waals surface area contributed by atoms with Gasteiger partial charge in [-0.25, -0.2) is 0 Å². The van der Waals surface area contributed by atoms with E-state index < -0.39 is 10.1 Å². The van der Waals surface area contributed by atoms with Crippen molar-refractivity contribution in [2.45, 2.75) is 9.99 Å². The van der Waals surface area contributed by atoms with Crippen molar-refractivity contribution < 1.29 is 17.0 Å². The van der Waals surface area contributed by atoms with Crippen molar-refractivity contribution >= 4 is 22.7 Å². The van der Waals surface area contributed by atoms with Crippen LogP contribution in [-0.4, -0.2) is 15.5 Å². The maximum absolute atomic E-state index is 10.9. The van der Waals surface area contributed by atoms with Gasteiger partial charge < -0.3 is 4.42 Å². The summed E-state index contributed by atoms with van der Waals surface area (Å²) >= 11 is 3.79. The summed E-state index contributed by atoms with van der Waals surface area (Å²) in [4.78, 5) is -0.0231. The van der Waals surface area contributed by atoms with Gasteiger partial charge in [0.1, 0.15) is 11.2 Å². The lowest BCUT2D eigenvalue weighted by Crippen LogP contribution is -2.00. The van der Waals surface area contributed by atoms with E-state index in [9.17, 15) is 8.42 Å². The summed E-state index contributed by atoms with van der Waals surface area (Å²) in [5.41, 5.74) is 0. The Hall–Kier alpha value is -0.460. The Labute approximate surface area is 69.7 Å². The molecule has 0 atom stereocenters. The highest BCUT2D eigenvalue weighted by molar-refractivity contribution is 7.86. The fourth-order valence-electron chi connectivity index (χ4n) is 0.536. The first-order valence-corrected chi connectivity index (χ1v) is 4.50. The van der Waals surface area contributed by atoms with Gasteiger partial charge in [0.15, 0.2) is 5.09 Å². The van der Waals surface area contributed by atoms with E-state index in [2.05, 4.69) is 21.2 Å². The van der Waals surface area contributed by atoms with Gasteiger partial charge in [0.2, 0.25) is 0 Å². The summed E-state index contributed by atoms with van der Waals surface area (Å²) in [7, 11) is -2.54. The van der Waals surface area contributed by atoms with Crippen molar-refractivity contribution in [3.63, 3.8) is 0 Å². The van der Waals surface area contributed by atoms with Crippen LogP contribution in [0, 0.1) is 0 Å². The van der Waals surface area contributed by atoms with E-state index in [1.165, 1.54) is 6.07 Å². The highest BCUT2D eigenvalue weighted by atomic mass is 32.2. The zero-order chi connectivity index (χ0) is 8.48. The van der Waals surface area contributed by atoms with Crippen LogP contribution >= 0.6 is 12.6 Å². The standard InChI is InChI=1S/C5H6O4S2/c1-8-11(6,7)4-2-5(10)9-3-4/h2-3,10H,1H3. The van der Waals surface area contributed by atoms with E-state index in [0.29, 0.717) is 0 Å². The summed E-state index contributed by atoms with van der Waals surface area (Å²) < 4.78 is 30.7. The van der Waals surface area contributed by atoms with Crippen LogP contribution in [0.1, 0.15) is 0 Å². The first kappa shape index (κ1) is 8.63. The van der Waals surface area contributed by atoms with Crippen LogP contribution in [0.2, 0.25) is 0 Å². The monoisotopic (exact) mass is 194 g/mol. The maximum atomic E-state index is 10.9. The predicted octanol–water partition coefficient (Wildman–Crippen LogP) is 0.903. The largest absolute Gasteiger partial charge is 0.457 e. The molecule has 0 spiro atoms. The molecule has 0 unspecified atom stereocenters. The molecule has 0 aliphatic heterocycles. The van der Waals surface area contributed by atoms with Gasteiger partial charge in [0, 0.05) is 6.07 Å². The highest BCUT2D eigenvalue weighted by Gasteiger charge is 2.15. The number of hydrogen-bond donors (Lipinski definition) is 1. The minimum atomic E-state index is -3.62. The van der Waals surface area contributed by atoms with Gasteiger partial charge in [-0.2, -0.15) is 8.42 Å². The van der Waals surface area contributed by atoms with Crippen LogP contribution in [0.5, 0.6) is 0 Å².